The topological polar surface area (TPSA) is 107 Å². The molecular weight excluding hydrogens is 334 g/mol. The predicted molar refractivity (Wildman–Crippen MR) is 96.3 cm³/mol. The lowest BCUT2D eigenvalue weighted by molar-refractivity contribution is -0.129. The fourth-order valence-corrected chi connectivity index (χ4v) is 2.94. The number of urea groups is 1. The van der Waals surface area contributed by atoms with Crippen molar-refractivity contribution >= 4 is 40.8 Å². The normalized spacial score (nSPS) is 18.8. The molecule has 0 bridgehead atoms. The standard InChI is InChI=1S/C18H15N5O3/c24-16(14-10-11-4-1-2-6-13(11)21-14)20-8-9-23-17(25)12-5-3-7-19-15(12)22-18(23)26/h1-7,10,12,21H,8-9H2,(H,20,24). The Bertz CT molecular complexity index is 968. The highest BCUT2D eigenvalue weighted by molar-refractivity contribution is 6.19. The Balaban J connectivity index is 1.39. The van der Waals surface area contributed by atoms with Gasteiger partial charge in [-0.05, 0) is 18.2 Å². The lowest BCUT2D eigenvalue weighted by Crippen LogP contribution is -2.48. The summed E-state index contributed by atoms with van der Waals surface area (Å²) in [6.07, 6.45) is 4.79. The SMILES string of the molecule is O=C(NCCN1C(=O)N=C2N=CC=CC2C1=O)c1cc2ccccc2[nH]1. The highest BCUT2D eigenvalue weighted by Crippen LogP contribution is 2.18. The minimum Gasteiger partial charge on any atom is -0.351 e. The maximum atomic E-state index is 12.4. The van der Waals surface area contributed by atoms with Gasteiger partial charge in [0, 0.05) is 30.2 Å². The summed E-state index contributed by atoms with van der Waals surface area (Å²) in [5, 5.41) is 3.64. The van der Waals surface area contributed by atoms with E-state index in [1.807, 2.05) is 24.3 Å². The fourth-order valence-electron chi connectivity index (χ4n) is 2.94. The number of dihydropyridines is 1. The molecule has 0 fully saturated rings. The lowest BCUT2D eigenvalue weighted by atomic mass is 10.0. The van der Waals surface area contributed by atoms with Gasteiger partial charge in [0.1, 0.15) is 17.4 Å². The molecule has 2 aliphatic heterocycles. The average Bonchev–Trinajstić information content (AvgIpc) is 3.08. The Morgan fingerprint density at radius 1 is 1.27 bits per heavy atom. The first-order valence-electron chi connectivity index (χ1n) is 8.14. The fraction of sp³-hybridized carbons (Fsp3) is 0.167. The molecule has 4 amide bonds. The zero-order chi connectivity index (χ0) is 18.1. The third-order valence-corrected chi connectivity index (χ3v) is 4.24. The highest BCUT2D eigenvalue weighted by atomic mass is 16.2. The number of allylic oxidation sites excluding steroid dienone is 1. The van der Waals surface area contributed by atoms with Crippen LogP contribution < -0.4 is 5.32 Å². The number of hydrogen-bond acceptors (Lipinski definition) is 4. The molecule has 4 rings (SSSR count). The summed E-state index contributed by atoms with van der Waals surface area (Å²) >= 11 is 0. The minimum atomic E-state index is -0.659. The number of amides is 4. The van der Waals surface area contributed by atoms with E-state index in [0.29, 0.717) is 5.69 Å². The molecule has 2 aliphatic rings. The van der Waals surface area contributed by atoms with E-state index < -0.39 is 11.9 Å². The molecule has 3 heterocycles. The number of fused-ring (bicyclic) bond motifs is 2. The number of aliphatic imine (C=N–C) groups is 2. The van der Waals surface area contributed by atoms with Gasteiger partial charge in [-0.3, -0.25) is 14.5 Å². The van der Waals surface area contributed by atoms with Gasteiger partial charge in [0.05, 0.1) is 0 Å². The van der Waals surface area contributed by atoms with Gasteiger partial charge in [0.2, 0.25) is 5.91 Å². The van der Waals surface area contributed by atoms with E-state index >= 15 is 0 Å². The van der Waals surface area contributed by atoms with Crippen molar-refractivity contribution in [2.45, 2.75) is 0 Å². The van der Waals surface area contributed by atoms with Gasteiger partial charge in [0.25, 0.3) is 5.91 Å². The number of para-hydroxylation sites is 1. The number of rotatable bonds is 4. The Labute approximate surface area is 148 Å². The molecule has 1 aromatic heterocycles. The molecule has 8 nitrogen and oxygen atoms in total. The van der Waals surface area contributed by atoms with E-state index in [1.165, 1.54) is 6.21 Å². The van der Waals surface area contributed by atoms with Gasteiger partial charge >= 0.3 is 6.03 Å². The molecule has 1 atom stereocenters. The van der Waals surface area contributed by atoms with Gasteiger partial charge in [0.15, 0.2) is 0 Å². The van der Waals surface area contributed by atoms with E-state index in [-0.39, 0.29) is 30.7 Å². The summed E-state index contributed by atoms with van der Waals surface area (Å²) in [6.45, 7) is 0.185. The third-order valence-electron chi connectivity index (χ3n) is 4.24. The summed E-state index contributed by atoms with van der Waals surface area (Å²) < 4.78 is 0. The number of nitrogens with one attached hydrogen (secondary N) is 2. The number of amidine groups is 1. The second-order valence-electron chi connectivity index (χ2n) is 5.91. The van der Waals surface area contributed by atoms with Crippen molar-refractivity contribution in [2.24, 2.45) is 15.9 Å². The van der Waals surface area contributed by atoms with Crippen LogP contribution in [0.5, 0.6) is 0 Å². The maximum absolute atomic E-state index is 12.4. The van der Waals surface area contributed by atoms with Crippen molar-refractivity contribution in [1.82, 2.24) is 15.2 Å². The summed E-state index contributed by atoms with van der Waals surface area (Å²) in [4.78, 5) is 48.5. The number of aromatic amines is 1. The second kappa shape index (κ2) is 6.40. The Morgan fingerprint density at radius 3 is 2.96 bits per heavy atom. The molecule has 1 unspecified atom stereocenters. The molecule has 0 saturated carbocycles. The first-order chi connectivity index (χ1) is 12.6. The number of carbonyl (C=O) groups excluding carboxylic acids is 3. The van der Waals surface area contributed by atoms with Gasteiger partial charge in [-0.25, -0.2) is 9.79 Å². The molecular formula is C18H15N5O3. The van der Waals surface area contributed by atoms with E-state index in [2.05, 4.69) is 20.3 Å². The number of nitrogens with zero attached hydrogens (tertiary/aromatic N) is 3. The van der Waals surface area contributed by atoms with Crippen molar-refractivity contribution in [2.75, 3.05) is 13.1 Å². The Hall–Kier alpha value is -3.55. The molecule has 1 aromatic carbocycles. The Kier molecular flexibility index (Phi) is 3.92. The first-order valence-corrected chi connectivity index (χ1v) is 8.14. The highest BCUT2D eigenvalue weighted by Gasteiger charge is 2.36. The summed E-state index contributed by atoms with van der Waals surface area (Å²) in [5.74, 6) is -1.11. The zero-order valence-electron chi connectivity index (χ0n) is 13.7. The molecule has 0 saturated heterocycles. The smallest absolute Gasteiger partial charge is 0.351 e. The first kappa shape index (κ1) is 15.9. The molecule has 130 valence electrons. The van der Waals surface area contributed by atoms with Gasteiger partial charge < -0.3 is 10.3 Å². The van der Waals surface area contributed by atoms with Crippen LogP contribution in [0.4, 0.5) is 4.79 Å². The summed E-state index contributed by atoms with van der Waals surface area (Å²) in [5.41, 5.74) is 1.29. The van der Waals surface area contributed by atoms with Crippen LogP contribution in [0, 0.1) is 5.92 Å². The van der Waals surface area contributed by atoms with Crippen molar-refractivity contribution < 1.29 is 14.4 Å². The van der Waals surface area contributed by atoms with Crippen molar-refractivity contribution in [3.05, 3.63) is 48.2 Å². The van der Waals surface area contributed by atoms with Crippen molar-refractivity contribution in [3.63, 3.8) is 0 Å². The van der Waals surface area contributed by atoms with Crippen LogP contribution in [0.3, 0.4) is 0 Å². The second-order valence-corrected chi connectivity index (χ2v) is 5.91. The summed E-state index contributed by atoms with van der Waals surface area (Å²) in [7, 11) is 0. The largest absolute Gasteiger partial charge is 0.352 e. The number of carbonyl (C=O) groups is 3. The average molecular weight is 349 g/mol. The molecule has 8 heteroatoms. The van der Waals surface area contributed by atoms with E-state index in [4.69, 9.17) is 0 Å². The van der Waals surface area contributed by atoms with Crippen LogP contribution >= 0.6 is 0 Å². The van der Waals surface area contributed by atoms with Crippen molar-refractivity contribution in [1.29, 1.82) is 0 Å². The van der Waals surface area contributed by atoms with Crippen LogP contribution in [0.2, 0.25) is 0 Å². The van der Waals surface area contributed by atoms with Crippen LogP contribution in [-0.4, -0.2) is 52.9 Å². The quantitative estimate of drug-likeness (QED) is 0.873. The zero-order valence-corrected chi connectivity index (χ0v) is 13.7. The monoisotopic (exact) mass is 349 g/mol. The molecule has 0 aliphatic carbocycles. The molecule has 26 heavy (non-hydrogen) atoms. The molecule has 2 aromatic rings. The molecule has 0 spiro atoms. The number of aromatic nitrogens is 1. The molecule has 0 radical (unpaired) electrons. The number of hydrogen-bond donors (Lipinski definition) is 2. The van der Waals surface area contributed by atoms with Crippen LogP contribution in [-0.2, 0) is 4.79 Å². The van der Waals surface area contributed by atoms with Crippen molar-refractivity contribution in [3.8, 4) is 0 Å². The number of imide groups is 1. The van der Waals surface area contributed by atoms with Crippen LogP contribution in [0.15, 0.2) is 52.5 Å². The van der Waals surface area contributed by atoms with Gasteiger partial charge in [-0.15, -0.1) is 0 Å². The maximum Gasteiger partial charge on any atom is 0.352 e. The van der Waals surface area contributed by atoms with E-state index in [1.54, 1.807) is 18.2 Å². The van der Waals surface area contributed by atoms with Crippen LogP contribution in [0.25, 0.3) is 10.9 Å². The van der Waals surface area contributed by atoms with E-state index in [9.17, 15) is 14.4 Å². The third kappa shape index (κ3) is 2.81. The molecule has 2 N–H and O–H groups in total. The Morgan fingerprint density at radius 2 is 2.12 bits per heavy atom. The summed E-state index contributed by atoms with van der Waals surface area (Å²) in [6, 6.07) is 8.66. The van der Waals surface area contributed by atoms with Gasteiger partial charge in [-0.1, -0.05) is 24.3 Å². The lowest BCUT2D eigenvalue weighted by Gasteiger charge is -2.27. The minimum absolute atomic E-state index is 0.0501. The number of benzene rings is 1. The predicted octanol–water partition coefficient (Wildman–Crippen LogP) is 1.52. The van der Waals surface area contributed by atoms with Crippen LogP contribution in [0.1, 0.15) is 10.5 Å². The van der Waals surface area contributed by atoms with Gasteiger partial charge in [-0.2, -0.15) is 4.99 Å². The number of H-pyrrole nitrogens is 1. The van der Waals surface area contributed by atoms with E-state index in [0.717, 1.165) is 15.8 Å².